The summed E-state index contributed by atoms with van der Waals surface area (Å²) in [4.78, 5) is 11.7. The molecule has 1 heterocycles. The lowest BCUT2D eigenvalue weighted by atomic mass is 10.2. The Morgan fingerprint density at radius 1 is 1.05 bits per heavy atom. The van der Waals surface area contributed by atoms with Crippen molar-refractivity contribution >= 4 is 5.97 Å². The van der Waals surface area contributed by atoms with Crippen LogP contribution in [0.3, 0.4) is 0 Å². The van der Waals surface area contributed by atoms with Gasteiger partial charge in [-0.05, 0) is 11.8 Å². The number of rotatable bonds is 6. The molecule has 0 saturated carbocycles. The third kappa shape index (κ3) is 7.22. The van der Waals surface area contributed by atoms with Crippen molar-refractivity contribution in [2.24, 2.45) is 17.6 Å². The summed E-state index contributed by atoms with van der Waals surface area (Å²) in [5.41, 5.74) is 5.67. The van der Waals surface area contributed by atoms with Gasteiger partial charge in [0.2, 0.25) is 0 Å². The monoisotopic (exact) mass is 303 g/mol. The van der Waals surface area contributed by atoms with E-state index < -0.39 is 12.0 Å². The Morgan fingerprint density at radius 3 is 2.10 bits per heavy atom. The van der Waals surface area contributed by atoms with E-state index in [-0.39, 0.29) is 25.4 Å². The quantitative estimate of drug-likeness (QED) is 0.737. The van der Waals surface area contributed by atoms with Gasteiger partial charge in [-0.3, -0.25) is 4.79 Å². The second kappa shape index (κ2) is 9.35. The van der Waals surface area contributed by atoms with Crippen molar-refractivity contribution < 1.29 is 23.7 Å². The molecule has 21 heavy (non-hydrogen) atoms. The summed E-state index contributed by atoms with van der Waals surface area (Å²) in [7, 11) is 0. The largest absolute Gasteiger partial charge is 0.462 e. The zero-order valence-electron chi connectivity index (χ0n) is 13.5. The van der Waals surface area contributed by atoms with Gasteiger partial charge in [-0.1, -0.05) is 27.7 Å². The molecule has 0 aromatic heterocycles. The first-order valence-corrected chi connectivity index (χ1v) is 7.63. The fraction of sp³-hybridized carbons (Fsp3) is 0.933. The molecule has 124 valence electrons. The Balaban J connectivity index is 2.67. The third-order valence-corrected chi connectivity index (χ3v) is 2.97. The average molecular weight is 303 g/mol. The summed E-state index contributed by atoms with van der Waals surface area (Å²) in [6.45, 7) is 10.1. The summed E-state index contributed by atoms with van der Waals surface area (Å²) < 4.78 is 22.4. The molecule has 1 saturated heterocycles. The van der Waals surface area contributed by atoms with Gasteiger partial charge in [0, 0.05) is 13.2 Å². The minimum atomic E-state index is -0.750. The molecule has 0 amide bonds. The van der Waals surface area contributed by atoms with Gasteiger partial charge < -0.3 is 24.7 Å². The van der Waals surface area contributed by atoms with Crippen LogP contribution in [0.2, 0.25) is 0 Å². The standard InChI is InChI=1S/C15H29NO5/c1-10(2)5-19-13-8-18-7-12(16)15(17)21-9-14(13)20-6-11(3)4/h10-14H,5-9,16H2,1-4H3/t12-,13?,14-/m0/s1. The van der Waals surface area contributed by atoms with E-state index >= 15 is 0 Å². The highest BCUT2D eigenvalue weighted by Gasteiger charge is 2.29. The molecule has 0 aromatic carbocycles. The first-order chi connectivity index (χ1) is 9.90. The molecule has 0 bridgehead atoms. The predicted molar refractivity (Wildman–Crippen MR) is 78.9 cm³/mol. The second-order valence-corrected chi connectivity index (χ2v) is 6.31. The molecule has 6 nitrogen and oxygen atoms in total. The van der Waals surface area contributed by atoms with Crippen molar-refractivity contribution in [3.63, 3.8) is 0 Å². The van der Waals surface area contributed by atoms with E-state index in [1.54, 1.807) is 0 Å². The van der Waals surface area contributed by atoms with Crippen LogP contribution in [0, 0.1) is 11.8 Å². The molecule has 3 atom stereocenters. The first-order valence-electron chi connectivity index (χ1n) is 7.63. The van der Waals surface area contributed by atoms with E-state index in [1.165, 1.54) is 0 Å². The lowest BCUT2D eigenvalue weighted by Gasteiger charge is -2.27. The summed E-state index contributed by atoms with van der Waals surface area (Å²) in [5, 5.41) is 0. The van der Waals surface area contributed by atoms with Crippen LogP contribution in [-0.2, 0) is 23.7 Å². The van der Waals surface area contributed by atoms with Gasteiger partial charge >= 0.3 is 5.97 Å². The van der Waals surface area contributed by atoms with Crippen molar-refractivity contribution in [1.82, 2.24) is 0 Å². The van der Waals surface area contributed by atoms with Crippen molar-refractivity contribution in [3.05, 3.63) is 0 Å². The summed E-state index contributed by atoms with van der Waals surface area (Å²) in [6.07, 6.45) is -0.593. The van der Waals surface area contributed by atoms with E-state index in [2.05, 4.69) is 27.7 Å². The van der Waals surface area contributed by atoms with Gasteiger partial charge in [0.15, 0.2) is 0 Å². The van der Waals surface area contributed by atoms with Gasteiger partial charge in [0.1, 0.15) is 24.9 Å². The van der Waals surface area contributed by atoms with Gasteiger partial charge in [-0.2, -0.15) is 0 Å². The van der Waals surface area contributed by atoms with Crippen LogP contribution in [0.4, 0.5) is 0 Å². The predicted octanol–water partition coefficient (Wildman–Crippen LogP) is 0.970. The number of hydrogen-bond donors (Lipinski definition) is 1. The maximum absolute atomic E-state index is 11.7. The zero-order chi connectivity index (χ0) is 15.8. The van der Waals surface area contributed by atoms with Crippen LogP contribution < -0.4 is 5.73 Å². The van der Waals surface area contributed by atoms with Crippen molar-refractivity contribution in [3.8, 4) is 0 Å². The molecule has 0 radical (unpaired) electrons. The highest BCUT2D eigenvalue weighted by molar-refractivity contribution is 5.75. The fourth-order valence-electron chi connectivity index (χ4n) is 1.81. The van der Waals surface area contributed by atoms with Crippen LogP contribution in [0.25, 0.3) is 0 Å². The number of nitrogens with two attached hydrogens (primary N) is 1. The molecule has 1 rings (SSSR count). The van der Waals surface area contributed by atoms with Crippen LogP contribution in [0.1, 0.15) is 27.7 Å². The van der Waals surface area contributed by atoms with E-state index in [0.29, 0.717) is 31.7 Å². The Kier molecular flexibility index (Phi) is 8.18. The van der Waals surface area contributed by atoms with Crippen molar-refractivity contribution in [2.45, 2.75) is 45.9 Å². The van der Waals surface area contributed by atoms with Crippen molar-refractivity contribution in [2.75, 3.05) is 33.0 Å². The molecule has 0 aromatic rings. The molecule has 0 spiro atoms. The Bertz CT molecular complexity index is 308. The molecule has 2 N–H and O–H groups in total. The normalized spacial score (nSPS) is 28.1. The lowest BCUT2D eigenvalue weighted by molar-refractivity contribution is -0.155. The van der Waals surface area contributed by atoms with Crippen LogP contribution in [0.15, 0.2) is 0 Å². The van der Waals surface area contributed by atoms with Gasteiger partial charge in [0.05, 0.1) is 13.2 Å². The SMILES string of the molecule is CC(C)COC1COC[C@H](N)C(=O)OC[C@@H]1OCC(C)C. The number of carbonyl (C=O) groups excluding carboxylic acids is 1. The molecule has 1 aliphatic rings. The van der Waals surface area contributed by atoms with Gasteiger partial charge in [0.25, 0.3) is 0 Å². The average Bonchev–Trinajstić information content (AvgIpc) is 2.47. The van der Waals surface area contributed by atoms with Crippen LogP contribution >= 0.6 is 0 Å². The summed E-state index contributed by atoms with van der Waals surface area (Å²) in [5.74, 6) is 0.341. The second-order valence-electron chi connectivity index (χ2n) is 6.31. The summed E-state index contributed by atoms with van der Waals surface area (Å²) >= 11 is 0. The van der Waals surface area contributed by atoms with Crippen molar-refractivity contribution in [1.29, 1.82) is 0 Å². The molecule has 1 unspecified atom stereocenters. The van der Waals surface area contributed by atoms with E-state index in [0.717, 1.165) is 0 Å². The maximum atomic E-state index is 11.7. The topological polar surface area (TPSA) is 80.0 Å². The first kappa shape index (κ1) is 18.4. The highest BCUT2D eigenvalue weighted by Crippen LogP contribution is 2.12. The maximum Gasteiger partial charge on any atom is 0.325 e. The van der Waals surface area contributed by atoms with E-state index in [1.807, 2.05) is 0 Å². The number of hydrogen-bond acceptors (Lipinski definition) is 6. The number of ether oxygens (including phenoxy) is 4. The minimum Gasteiger partial charge on any atom is -0.462 e. The molecular weight excluding hydrogens is 274 g/mol. The van der Waals surface area contributed by atoms with E-state index in [4.69, 9.17) is 24.7 Å². The smallest absolute Gasteiger partial charge is 0.325 e. The van der Waals surface area contributed by atoms with Crippen LogP contribution in [-0.4, -0.2) is 57.3 Å². The third-order valence-electron chi connectivity index (χ3n) is 2.97. The molecule has 1 fully saturated rings. The van der Waals surface area contributed by atoms with Crippen LogP contribution in [0.5, 0.6) is 0 Å². The number of esters is 1. The van der Waals surface area contributed by atoms with E-state index in [9.17, 15) is 4.79 Å². The number of carbonyl (C=O) groups is 1. The zero-order valence-corrected chi connectivity index (χ0v) is 13.5. The number of cyclic esters (lactones) is 1. The van der Waals surface area contributed by atoms with Gasteiger partial charge in [-0.25, -0.2) is 0 Å². The fourth-order valence-corrected chi connectivity index (χ4v) is 1.81. The molecular formula is C15H29NO5. The lowest BCUT2D eigenvalue weighted by Crippen LogP contribution is -2.40. The Hall–Kier alpha value is -0.690. The minimum absolute atomic E-state index is 0.136. The molecule has 0 aliphatic carbocycles. The molecule has 1 aliphatic heterocycles. The Morgan fingerprint density at radius 2 is 1.57 bits per heavy atom. The highest BCUT2D eigenvalue weighted by atomic mass is 16.6. The summed E-state index contributed by atoms with van der Waals surface area (Å²) in [6, 6.07) is -0.750. The Labute approximate surface area is 127 Å². The van der Waals surface area contributed by atoms with Gasteiger partial charge in [-0.15, -0.1) is 0 Å². The molecule has 6 heteroatoms.